The van der Waals surface area contributed by atoms with Crippen LogP contribution in [-0.4, -0.2) is 47.1 Å². The number of nitrogens with zero attached hydrogens (tertiary/aromatic N) is 4. The Hall–Kier alpha value is -1.60. The van der Waals surface area contributed by atoms with Gasteiger partial charge in [0, 0.05) is 31.9 Å². The molecule has 1 saturated carbocycles. The largest absolute Gasteiger partial charge is 0.356 e. The Balaban J connectivity index is 1.65. The lowest BCUT2D eigenvalue weighted by Gasteiger charge is -2.29. The molecule has 3 fully saturated rings. The summed E-state index contributed by atoms with van der Waals surface area (Å²) in [5, 5.41) is 0. The molecule has 4 nitrogen and oxygen atoms in total. The summed E-state index contributed by atoms with van der Waals surface area (Å²) in [7, 11) is 0. The number of hydrogen-bond donors (Lipinski definition) is 0. The maximum atomic E-state index is 4.79. The summed E-state index contributed by atoms with van der Waals surface area (Å²) < 4.78 is 0. The normalized spacial score (nSPS) is 23.3. The fourth-order valence-electron chi connectivity index (χ4n) is 4.35. The zero-order valence-corrected chi connectivity index (χ0v) is 17.6. The summed E-state index contributed by atoms with van der Waals surface area (Å²) in [6.45, 7) is 13.4. The summed E-state index contributed by atoms with van der Waals surface area (Å²) in [5.41, 5.74) is 0. The second-order valence-corrected chi connectivity index (χ2v) is 8.77. The van der Waals surface area contributed by atoms with Gasteiger partial charge < -0.3 is 4.90 Å². The van der Waals surface area contributed by atoms with Crippen LogP contribution >= 0.6 is 0 Å². The third-order valence-corrected chi connectivity index (χ3v) is 6.21. The van der Waals surface area contributed by atoms with Crippen molar-refractivity contribution < 1.29 is 0 Å². The predicted octanol–water partition coefficient (Wildman–Crippen LogP) is 4.21. The average molecular weight is 369 g/mol. The van der Waals surface area contributed by atoms with Gasteiger partial charge in [-0.2, -0.15) is 0 Å². The van der Waals surface area contributed by atoms with Crippen molar-refractivity contribution in [3.63, 3.8) is 0 Å². The van der Waals surface area contributed by atoms with E-state index in [2.05, 4.69) is 54.3 Å². The first-order valence-electron chi connectivity index (χ1n) is 10.9. The number of anilines is 1. The van der Waals surface area contributed by atoms with Gasteiger partial charge in [-0.1, -0.05) is 46.5 Å². The molecule has 27 heavy (non-hydrogen) atoms. The predicted molar refractivity (Wildman–Crippen MR) is 113 cm³/mol. The topological polar surface area (TPSA) is 32.3 Å². The van der Waals surface area contributed by atoms with E-state index in [1.165, 1.54) is 38.6 Å². The van der Waals surface area contributed by atoms with Gasteiger partial charge >= 0.3 is 0 Å². The first kappa shape index (κ1) is 20.1. The molecule has 2 bridgehead atoms. The monoisotopic (exact) mass is 368 g/mol. The van der Waals surface area contributed by atoms with E-state index in [9.17, 15) is 0 Å². The molecule has 0 amide bonds. The lowest BCUT2D eigenvalue weighted by molar-refractivity contribution is 0.268. The zero-order valence-electron chi connectivity index (χ0n) is 17.6. The Morgan fingerprint density at radius 1 is 1.22 bits per heavy atom. The number of rotatable bonds is 9. The first-order chi connectivity index (χ1) is 13.1. The molecular weight excluding hydrogens is 332 g/mol. The first-order valence-corrected chi connectivity index (χ1v) is 10.9. The van der Waals surface area contributed by atoms with Crippen LogP contribution in [0.1, 0.15) is 65.6 Å². The summed E-state index contributed by atoms with van der Waals surface area (Å²) in [5.74, 6) is 10.5. The van der Waals surface area contributed by atoms with Crippen molar-refractivity contribution in [3.05, 3.63) is 18.1 Å². The van der Waals surface area contributed by atoms with Crippen LogP contribution in [0.25, 0.3) is 0 Å². The van der Waals surface area contributed by atoms with Crippen molar-refractivity contribution in [3.8, 4) is 11.8 Å². The molecule has 2 atom stereocenters. The van der Waals surface area contributed by atoms with Crippen LogP contribution in [0.15, 0.2) is 12.3 Å². The van der Waals surface area contributed by atoms with Crippen molar-refractivity contribution in [1.29, 1.82) is 0 Å². The summed E-state index contributed by atoms with van der Waals surface area (Å²) >= 11 is 0. The van der Waals surface area contributed by atoms with Crippen LogP contribution < -0.4 is 4.90 Å². The van der Waals surface area contributed by atoms with E-state index in [0.717, 1.165) is 37.4 Å². The smallest absolute Gasteiger partial charge is 0.206 e. The van der Waals surface area contributed by atoms with Crippen molar-refractivity contribution in [2.45, 2.75) is 65.8 Å². The molecule has 0 radical (unpaired) electrons. The highest BCUT2D eigenvalue weighted by Gasteiger charge is 2.41. The van der Waals surface area contributed by atoms with Crippen LogP contribution in [0.2, 0.25) is 0 Å². The van der Waals surface area contributed by atoms with Crippen LogP contribution in [0, 0.1) is 29.6 Å². The van der Waals surface area contributed by atoms with Gasteiger partial charge in [0.05, 0.1) is 6.54 Å². The molecular formula is C23H36N4. The highest BCUT2D eigenvalue weighted by Crippen LogP contribution is 2.39. The van der Waals surface area contributed by atoms with Gasteiger partial charge in [-0.3, -0.25) is 4.90 Å². The van der Waals surface area contributed by atoms with Gasteiger partial charge in [0.15, 0.2) is 0 Å². The van der Waals surface area contributed by atoms with Gasteiger partial charge in [0.2, 0.25) is 5.82 Å². The van der Waals surface area contributed by atoms with Crippen molar-refractivity contribution in [2.75, 3.05) is 31.1 Å². The second-order valence-electron chi connectivity index (χ2n) is 8.77. The minimum Gasteiger partial charge on any atom is -0.356 e. The summed E-state index contributed by atoms with van der Waals surface area (Å²) in [4.78, 5) is 14.1. The third-order valence-electron chi connectivity index (χ3n) is 6.21. The van der Waals surface area contributed by atoms with E-state index in [0.29, 0.717) is 17.7 Å². The van der Waals surface area contributed by atoms with Crippen molar-refractivity contribution >= 4 is 5.82 Å². The SMILES string of the molecule is CCCC(C)CN(CC(C)CC)c1ccnc(C#CCN2CC3CC2C3)n1. The number of hydrogen-bond acceptors (Lipinski definition) is 4. The molecule has 1 aliphatic carbocycles. The van der Waals surface area contributed by atoms with Crippen LogP contribution in [0.3, 0.4) is 0 Å². The minimum absolute atomic E-state index is 0.657. The molecule has 3 aliphatic rings. The van der Waals surface area contributed by atoms with Crippen molar-refractivity contribution in [2.24, 2.45) is 17.8 Å². The quantitative estimate of drug-likeness (QED) is 0.611. The molecule has 2 saturated heterocycles. The molecule has 3 heterocycles. The minimum atomic E-state index is 0.657. The maximum Gasteiger partial charge on any atom is 0.206 e. The Morgan fingerprint density at radius 2 is 2.00 bits per heavy atom. The molecule has 148 valence electrons. The number of aromatic nitrogens is 2. The van der Waals surface area contributed by atoms with Crippen molar-refractivity contribution in [1.82, 2.24) is 14.9 Å². The van der Waals surface area contributed by atoms with Crippen LogP contribution in [0.5, 0.6) is 0 Å². The highest BCUT2D eigenvalue weighted by molar-refractivity contribution is 5.40. The summed E-state index contributed by atoms with van der Waals surface area (Å²) in [6.07, 6.45) is 8.31. The molecule has 4 rings (SSSR count). The fraction of sp³-hybridized carbons (Fsp3) is 0.739. The fourth-order valence-corrected chi connectivity index (χ4v) is 4.35. The Morgan fingerprint density at radius 3 is 2.67 bits per heavy atom. The molecule has 2 unspecified atom stereocenters. The summed E-state index contributed by atoms with van der Waals surface area (Å²) in [6, 6.07) is 2.84. The molecule has 0 spiro atoms. The van der Waals surface area contributed by atoms with Gasteiger partial charge in [-0.15, -0.1) is 0 Å². The maximum absolute atomic E-state index is 4.79. The van der Waals surface area contributed by atoms with Gasteiger partial charge in [-0.05, 0) is 49.0 Å². The zero-order chi connectivity index (χ0) is 19.2. The molecule has 2 aliphatic heterocycles. The Kier molecular flexibility index (Phi) is 7.13. The highest BCUT2D eigenvalue weighted by atomic mass is 15.2. The standard InChI is InChI=1S/C23H36N4/c1-5-8-19(4)16-27(15-18(3)6-2)23-10-11-24-22(25-23)9-7-12-26-17-20-13-21(26)14-20/h10-11,18-21H,5-6,8,12-17H2,1-4H3. The Bertz CT molecular complexity index is 656. The lowest BCUT2D eigenvalue weighted by Crippen LogP contribution is -2.33. The van der Waals surface area contributed by atoms with E-state index in [4.69, 9.17) is 4.98 Å². The second kappa shape index (κ2) is 9.55. The van der Waals surface area contributed by atoms with E-state index in [1.54, 1.807) is 0 Å². The van der Waals surface area contributed by atoms with Gasteiger partial charge in [0.25, 0.3) is 0 Å². The van der Waals surface area contributed by atoms with E-state index in [-0.39, 0.29) is 0 Å². The molecule has 0 N–H and O–H groups in total. The van der Waals surface area contributed by atoms with Gasteiger partial charge in [0.1, 0.15) is 5.82 Å². The van der Waals surface area contributed by atoms with Crippen LogP contribution in [0.4, 0.5) is 5.82 Å². The number of fused-ring (bicyclic) bond motifs is 1. The molecule has 0 aromatic carbocycles. The van der Waals surface area contributed by atoms with E-state index >= 15 is 0 Å². The average Bonchev–Trinajstić information content (AvgIpc) is 3.21. The Labute approximate surface area is 165 Å². The third kappa shape index (κ3) is 5.45. The molecule has 1 aromatic heterocycles. The molecule has 1 aromatic rings. The van der Waals surface area contributed by atoms with E-state index in [1.807, 2.05) is 12.3 Å². The lowest BCUT2D eigenvalue weighted by atomic mass is 9.86. The van der Waals surface area contributed by atoms with Gasteiger partial charge in [-0.25, -0.2) is 9.97 Å². The van der Waals surface area contributed by atoms with E-state index < -0.39 is 0 Å². The molecule has 4 heteroatoms. The van der Waals surface area contributed by atoms with Crippen LogP contribution in [-0.2, 0) is 0 Å².